The Morgan fingerprint density at radius 3 is 2.90 bits per heavy atom. The van der Waals surface area contributed by atoms with Crippen LogP contribution in [0.2, 0.25) is 0 Å². The molecule has 0 aromatic heterocycles. The number of nitrogens with zero attached hydrogens (tertiary/aromatic N) is 1. The summed E-state index contributed by atoms with van der Waals surface area (Å²) in [4.78, 5) is 14.3. The summed E-state index contributed by atoms with van der Waals surface area (Å²) in [6, 6.07) is 0. The number of carbonyl (C=O) groups excluding carboxylic acids is 1. The number of carbonyl (C=O) groups is 1. The highest BCUT2D eigenvalue weighted by Crippen LogP contribution is 2.19. The van der Waals surface area contributed by atoms with Crippen LogP contribution in [0, 0.1) is 5.92 Å². The van der Waals surface area contributed by atoms with Crippen LogP contribution in [0.15, 0.2) is 0 Å². The molecule has 21 heavy (non-hydrogen) atoms. The second-order valence-corrected chi connectivity index (χ2v) is 6.94. The van der Waals surface area contributed by atoms with Gasteiger partial charge in [0.05, 0.1) is 11.9 Å². The van der Waals surface area contributed by atoms with Crippen molar-refractivity contribution in [2.75, 3.05) is 44.8 Å². The zero-order valence-corrected chi connectivity index (χ0v) is 14.6. The molecule has 2 heterocycles. The summed E-state index contributed by atoms with van der Waals surface area (Å²) in [5.74, 6) is 2.53. The van der Waals surface area contributed by atoms with Gasteiger partial charge in [-0.15, -0.1) is 24.2 Å². The highest BCUT2D eigenvalue weighted by molar-refractivity contribution is 7.99. The van der Waals surface area contributed by atoms with Crippen molar-refractivity contribution >= 4 is 30.1 Å². The number of halogens is 1. The molecular formula is C15H29ClN2O2S. The monoisotopic (exact) mass is 336 g/mol. The molecule has 0 saturated carbocycles. The average molecular weight is 337 g/mol. The predicted molar refractivity (Wildman–Crippen MR) is 91.4 cm³/mol. The van der Waals surface area contributed by atoms with Gasteiger partial charge in [-0.05, 0) is 51.6 Å². The highest BCUT2D eigenvalue weighted by Gasteiger charge is 2.23. The fraction of sp³-hybridized carbons (Fsp3) is 0.933. The number of ether oxygens (including phenoxy) is 1. The molecule has 124 valence electrons. The van der Waals surface area contributed by atoms with Crippen LogP contribution in [0.3, 0.4) is 0 Å². The number of hydrogen-bond acceptors (Lipinski definition) is 4. The topological polar surface area (TPSA) is 41.6 Å². The number of amides is 1. The Kier molecular flexibility index (Phi) is 9.73. The standard InChI is InChI=1S/C15H28N2O2S.ClH/c1-16-9-13-5-4-7-17(10-13)15(18)12-20-11-14-6-2-3-8-19-14;/h13-14,16H,2-12H2,1H3;1H. The summed E-state index contributed by atoms with van der Waals surface area (Å²) in [6.07, 6.45) is 6.40. The minimum Gasteiger partial charge on any atom is -0.377 e. The molecule has 2 rings (SSSR count). The quantitative estimate of drug-likeness (QED) is 0.807. The van der Waals surface area contributed by atoms with E-state index in [1.165, 1.54) is 19.3 Å². The smallest absolute Gasteiger partial charge is 0.232 e. The Morgan fingerprint density at radius 2 is 2.19 bits per heavy atom. The van der Waals surface area contributed by atoms with E-state index in [2.05, 4.69) is 10.2 Å². The summed E-state index contributed by atoms with van der Waals surface area (Å²) in [5.41, 5.74) is 0. The minimum atomic E-state index is 0. The van der Waals surface area contributed by atoms with Crippen molar-refractivity contribution in [3.63, 3.8) is 0 Å². The molecule has 1 N–H and O–H groups in total. The number of likely N-dealkylation sites (tertiary alicyclic amines) is 1. The van der Waals surface area contributed by atoms with E-state index in [1.54, 1.807) is 11.8 Å². The Morgan fingerprint density at radius 1 is 1.33 bits per heavy atom. The van der Waals surface area contributed by atoms with Crippen LogP contribution < -0.4 is 5.32 Å². The molecule has 2 aliphatic rings. The number of hydrogen-bond donors (Lipinski definition) is 1. The van der Waals surface area contributed by atoms with Crippen LogP contribution in [0.1, 0.15) is 32.1 Å². The summed E-state index contributed by atoms with van der Waals surface area (Å²) >= 11 is 1.74. The summed E-state index contributed by atoms with van der Waals surface area (Å²) < 4.78 is 5.70. The maximum absolute atomic E-state index is 12.2. The first-order valence-electron chi connectivity index (χ1n) is 7.91. The number of thioether (sulfide) groups is 1. The largest absolute Gasteiger partial charge is 0.377 e. The van der Waals surface area contributed by atoms with Crippen molar-refractivity contribution in [1.82, 2.24) is 10.2 Å². The van der Waals surface area contributed by atoms with Gasteiger partial charge in [-0.1, -0.05) is 0 Å². The molecule has 2 fully saturated rings. The van der Waals surface area contributed by atoms with Gasteiger partial charge in [0.2, 0.25) is 5.91 Å². The third-order valence-electron chi connectivity index (χ3n) is 4.17. The second-order valence-electron chi connectivity index (χ2n) is 5.91. The van der Waals surface area contributed by atoms with Crippen molar-refractivity contribution in [3.8, 4) is 0 Å². The lowest BCUT2D eigenvalue weighted by Crippen LogP contribution is -2.43. The lowest BCUT2D eigenvalue weighted by atomic mass is 9.98. The number of rotatable bonds is 6. The lowest BCUT2D eigenvalue weighted by molar-refractivity contribution is -0.130. The molecule has 1 amide bonds. The molecule has 2 saturated heterocycles. The molecule has 0 bridgehead atoms. The highest BCUT2D eigenvalue weighted by atomic mass is 35.5. The van der Waals surface area contributed by atoms with Crippen LogP contribution >= 0.6 is 24.2 Å². The van der Waals surface area contributed by atoms with E-state index >= 15 is 0 Å². The molecule has 0 radical (unpaired) electrons. The van der Waals surface area contributed by atoms with E-state index in [4.69, 9.17) is 4.74 Å². The third kappa shape index (κ3) is 6.76. The SMILES string of the molecule is CNCC1CCCN(C(=O)CSCC2CCCCO2)C1.Cl. The van der Waals surface area contributed by atoms with Crippen LogP contribution in [0.5, 0.6) is 0 Å². The van der Waals surface area contributed by atoms with Crippen molar-refractivity contribution in [2.45, 2.75) is 38.2 Å². The molecule has 2 aliphatic heterocycles. The Bertz CT molecular complexity index is 299. The maximum atomic E-state index is 12.2. The number of piperidine rings is 1. The van der Waals surface area contributed by atoms with Crippen LogP contribution in [0.4, 0.5) is 0 Å². The van der Waals surface area contributed by atoms with Gasteiger partial charge in [0.15, 0.2) is 0 Å². The molecular weight excluding hydrogens is 308 g/mol. The summed E-state index contributed by atoms with van der Waals surface area (Å²) in [6.45, 7) is 3.80. The van der Waals surface area contributed by atoms with E-state index in [9.17, 15) is 4.79 Å². The molecule has 2 atom stereocenters. The van der Waals surface area contributed by atoms with E-state index in [-0.39, 0.29) is 12.4 Å². The molecule has 4 nitrogen and oxygen atoms in total. The van der Waals surface area contributed by atoms with Gasteiger partial charge < -0.3 is 15.0 Å². The fourth-order valence-corrected chi connectivity index (χ4v) is 4.06. The van der Waals surface area contributed by atoms with Gasteiger partial charge in [0, 0.05) is 25.4 Å². The number of nitrogens with one attached hydrogen (secondary N) is 1. The summed E-state index contributed by atoms with van der Waals surface area (Å²) in [7, 11) is 1.99. The van der Waals surface area contributed by atoms with Gasteiger partial charge in [0.25, 0.3) is 0 Å². The average Bonchev–Trinajstić information content (AvgIpc) is 2.49. The van der Waals surface area contributed by atoms with Crippen LogP contribution in [0.25, 0.3) is 0 Å². The summed E-state index contributed by atoms with van der Waals surface area (Å²) in [5, 5.41) is 3.22. The lowest BCUT2D eigenvalue weighted by Gasteiger charge is -2.33. The fourth-order valence-electron chi connectivity index (χ4n) is 3.05. The molecule has 0 spiro atoms. The minimum absolute atomic E-state index is 0. The molecule has 6 heteroatoms. The normalized spacial score (nSPS) is 26.2. The van der Waals surface area contributed by atoms with E-state index in [0.717, 1.165) is 44.8 Å². The van der Waals surface area contributed by atoms with Crippen molar-refractivity contribution in [2.24, 2.45) is 5.92 Å². The second kappa shape index (κ2) is 10.7. The van der Waals surface area contributed by atoms with Gasteiger partial charge in [0.1, 0.15) is 0 Å². The predicted octanol–water partition coefficient (Wildman–Crippen LogP) is 2.17. The Hall–Kier alpha value is 0.0300. The van der Waals surface area contributed by atoms with Crippen molar-refractivity contribution in [1.29, 1.82) is 0 Å². The third-order valence-corrected chi connectivity index (χ3v) is 5.23. The first-order chi connectivity index (χ1) is 9.79. The van der Waals surface area contributed by atoms with Crippen LogP contribution in [-0.4, -0.2) is 61.7 Å². The molecule has 2 unspecified atom stereocenters. The van der Waals surface area contributed by atoms with Gasteiger partial charge >= 0.3 is 0 Å². The Balaban J connectivity index is 0.00000220. The molecule has 0 aromatic carbocycles. The van der Waals surface area contributed by atoms with Gasteiger partial charge in [-0.25, -0.2) is 0 Å². The first-order valence-corrected chi connectivity index (χ1v) is 9.06. The van der Waals surface area contributed by atoms with E-state index < -0.39 is 0 Å². The molecule has 0 aromatic rings. The van der Waals surface area contributed by atoms with Crippen molar-refractivity contribution < 1.29 is 9.53 Å². The van der Waals surface area contributed by atoms with Gasteiger partial charge in [-0.3, -0.25) is 4.79 Å². The molecule has 0 aliphatic carbocycles. The maximum Gasteiger partial charge on any atom is 0.232 e. The van der Waals surface area contributed by atoms with E-state index in [0.29, 0.717) is 23.7 Å². The Labute approximate surface area is 139 Å². The zero-order valence-electron chi connectivity index (χ0n) is 13.0. The van der Waals surface area contributed by atoms with E-state index in [1.807, 2.05) is 7.05 Å². The van der Waals surface area contributed by atoms with Crippen molar-refractivity contribution in [3.05, 3.63) is 0 Å². The first kappa shape index (κ1) is 19.1. The van der Waals surface area contributed by atoms with Gasteiger partial charge in [-0.2, -0.15) is 0 Å². The van der Waals surface area contributed by atoms with Crippen LogP contribution in [-0.2, 0) is 9.53 Å². The zero-order chi connectivity index (χ0) is 14.2.